The Morgan fingerprint density at radius 2 is 1.93 bits per heavy atom. The summed E-state index contributed by atoms with van der Waals surface area (Å²) in [6, 6.07) is 11.6. The highest BCUT2D eigenvalue weighted by Crippen LogP contribution is 2.29. The normalized spacial score (nSPS) is 15.9. The van der Waals surface area contributed by atoms with Crippen LogP contribution in [0.4, 0.5) is 11.4 Å². The molecule has 1 atom stereocenters. The first-order valence-electron chi connectivity index (χ1n) is 8.73. The Balaban J connectivity index is 1.55. The monoisotopic (exact) mass is 436 g/mol. The first kappa shape index (κ1) is 21.0. The highest BCUT2D eigenvalue weighted by molar-refractivity contribution is 6.31. The SMILES string of the molecule is COc1ccc(Cl)cc1NC(=O)COC(=O)[C@@H]1CC(=O)N(c2cccc(Cl)c2)C1. The van der Waals surface area contributed by atoms with E-state index >= 15 is 0 Å². The largest absolute Gasteiger partial charge is 0.495 e. The number of nitrogens with one attached hydrogen (secondary N) is 1. The van der Waals surface area contributed by atoms with Gasteiger partial charge in [-0.25, -0.2) is 0 Å². The van der Waals surface area contributed by atoms with E-state index in [2.05, 4.69) is 5.32 Å². The number of ether oxygens (including phenoxy) is 2. The minimum absolute atomic E-state index is 0.00901. The molecule has 2 aromatic carbocycles. The van der Waals surface area contributed by atoms with Crippen LogP contribution in [0.5, 0.6) is 5.75 Å². The quantitative estimate of drug-likeness (QED) is 0.699. The summed E-state index contributed by atoms with van der Waals surface area (Å²) in [4.78, 5) is 38.2. The molecule has 2 aromatic rings. The van der Waals surface area contributed by atoms with Crippen LogP contribution < -0.4 is 15.0 Å². The molecule has 29 heavy (non-hydrogen) atoms. The highest BCUT2D eigenvalue weighted by Gasteiger charge is 2.36. The summed E-state index contributed by atoms with van der Waals surface area (Å²) in [5.74, 6) is -1.60. The number of benzene rings is 2. The van der Waals surface area contributed by atoms with E-state index in [0.717, 1.165) is 0 Å². The number of rotatable bonds is 6. The zero-order chi connectivity index (χ0) is 21.0. The van der Waals surface area contributed by atoms with Crippen LogP contribution >= 0.6 is 23.2 Å². The van der Waals surface area contributed by atoms with Crippen LogP contribution in [0.15, 0.2) is 42.5 Å². The average molecular weight is 437 g/mol. The molecule has 0 aliphatic carbocycles. The Morgan fingerprint density at radius 1 is 1.17 bits per heavy atom. The van der Waals surface area contributed by atoms with Crippen molar-refractivity contribution in [1.82, 2.24) is 0 Å². The topological polar surface area (TPSA) is 84.9 Å². The van der Waals surface area contributed by atoms with Gasteiger partial charge in [-0.05, 0) is 36.4 Å². The summed E-state index contributed by atoms with van der Waals surface area (Å²) in [5.41, 5.74) is 0.979. The average Bonchev–Trinajstić information content (AvgIpc) is 3.08. The minimum atomic E-state index is -0.657. The molecular weight excluding hydrogens is 419 g/mol. The number of hydrogen-bond donors (Lipinski definition) is 1. The predicted octanol–water partition coefficient (Wildman–Crippen LogP) is 3.54. The molecule has 0 unspecified atom stereocenters. The van der Waals surface area contributed by atoms with Gasteiger partial charge in [-0.2, -0.15) is 0 Å². The Labute approximate surface area is 177 Å². The van der Waals surface area contributed by atoms with Crippen molar-refractivity contribution in [2.45, 2.75) is 6.42 Å². The number of methoxy groups -OCH3 is 1. The number of esters is 1. The molecule has 1 aliphatic heterocycles. The van der Waals surface area contributed by atoms with Crippen molar-refractivity contribution >= 4 is 52.4 Å². The molecular formula is C20H18Cl2N2O5. The smallest absolute Gasteiger partial charge is 0.311 e. The van der Waals surface area contributed by atoms with Crippen LogP contribution in [0, 0.1) is 5.92 Å². The van der Waals surface area contributed by atoms with Gasteiger partial charge in [0.1, 0.15) is 5.75 Å². The van der Waals surface area contributed by atoms with Crippen molar-refractivity contribution in [2.75, 3.05) is 30.5 Å². The summed E-state index contributed by atoms with van der Waals surface area (Å²) in [5, 5.41) is 3.50. The molecule has 0 spiro atoms. The van der Waals surface area contributed by atoms with Gasteiger partial charge in [0, 0.05) is 28.7 Å². The molecule has 1 N–H and O–H groups in total. The zero-order valence-electron chi connectivity index (χ0n) is 15.5. The predicted molar refractivity (Wildman–Crippen MR) is 110 cm³/mol. The fourth-order valence-corrected chi connectivity index (χ4v) is 3.33. The first-order chi connectivity index (χ1) is 13.9. The Bertz CT molecular complexity index is 950. The van der Waals surface area contributed by atoms with Gasteiger partial charge in [-0.15, -0.1) is 0 Å². The van der Waals surface area contributed by atoms with Gasteiger partial charge in [0.25, 0.3) is 5.91 Å². The van der Waals surface area contributed by atoms with E-state index in [-0.39, 0.29) is 18.9 Å². The molecule has 7 nitrogen and oxygen atoms in total. The highest BCUT2D eigenvalue weighted by atomic mass is 35.5. The number of amides is 2. The third-order valence-electron chi connectivity index (χ3n) is 4.36. The van der Waals surface area contributed by atoms with E-state index in [9.17, 15) is 14.4 Å². The Hall–Kier alpha value is -2.77. The van der Waals surface area contributed by atoms with Crippen LogP contribution in [0.1, 0.15) is 6.42 Å². The summed E-state index contributed by atoms with van der Waals surface area (Å²) < 4.78 is 10.2. The number of halogens is 2. The van der Waals surface area contributed by atoms with E-state index in [4.69, 9.17) is 32.7 Å². The summed E-state index contributed by atoms with van der Waals surface area (Å²) in [7, 11) is 1.46. The van der Waals surface area contributed by atoms with Crippen molar-refractivity contribution in [3.05, 3.63) is 52.5 Å². The van der Waals surface area contributed by atoms with Crippen molar-refractivity contribution in [3.8, 4) is 5.75 Å². The number of carbonyl (C=O) groups is 3. The third kappa shape index (κ3) is 5.19. The van der Waals surface area contributed by atoms with Gasteiger partial charge in [-0.3, -0.25) is 14.4 Å². The second-order valence-corrected chi connectivity index (χ2v) is 7.26. The lowest BCUT2D eigenvalue weighted by molar-refractivity contribution is -0.151. The van der Waals surface area contributed by atoms with Crippen molar-refractivity contribution in [2.24, 2.45) is 5.92 Å². The van der Waals surface area contributed by atoms with Gasteiger partial charge in [0.2, 0.25) is 5.91 Å². The maximum Gasteiger partial charge on any atom is 0.311 e. The Kier molecular flexibility index (Phi) is 6.61. The summed E-state index contributed by atoms with van der Waals surface area (Å²) in [6.07, 6.45) is 0.00901. The standard InChI is InChI=1S/C20H18Cl2N2O5/c1-28-17-6-5-14(22)9-16(17)23-18(25)11-29-20(27)12-7-19(26)24(10-12)15-4-2-3-13(21)8-15/h2-6,8-9,12H,7,10-11H2,1H3,(H,23,25)/t12-/m1/s1. The second kappa shape index (κ2) is 9.15. The number of hydrogen-bond acceptors (Lipinski definition) is 5. The lowest BCUT2D eigenvalue weighted by atomic mass is 10.1. The van der Waals surface area contributed by atoms with E-state index in [1.54, 1.807) is 36.4 Å². The zero-order valence-corrected chi connectivity index (χ0v) is 17.0. The molecule has 1 fully saturated rings. The van der Waals surface area contributed by atoms with Crippen LogP contribution in [-0.2, 0) is 19.1 Å². The molecule has 152 valence electrons. The lowest BCUT2D eigenvalue weighted by Crippen LogP contribution is -2.28. The lowest BCUT2D eigenvalue weighted by Gasteiger charge is -2.16. The van der Waals surface area contributed by atoms with Gasteiger partial charge in [-0.1, -0.05) is 29.3 Å². The summed E-state index contributed by atoms with van der Waals surface area (Å²) >= 11 is 11.9. The molecule has 1 heterocycles. The van der Waals surface area contributed by atoms with Gasteiger partial charge < -0.3 is 19.7 Å². The van der Waals surface area contributed by atoms with Crippen molar-refractivity contribution in [3.63, 3.8) is 0 Å². The molecule has 0 bridgehead atoms. The molecule has 0 radical (unpaired) electrons. The van der Waals surface area contributed by atoms with Gasteiger partial charge >= 0.3 is 5.97 Å². The van der Waals surface area contributed by atoms with Crippen LogP contribution in [-0.4, -0.2) is 38.0 Å². The van der Waals surface area contributed by atoms with Gasteiger partial charge in [0.05, 0.1) is 18.7 Å². The molecule has 1 saturated heterocycles. The third-order valence-corrected chi connectivity index (χ3v) is 4.83. The molecule has 2 amide bonds. The molecule has 9 heteroatoms. The molecule has 0 aromatic heterocycles. The van der Waals surface area contributed by atoms with Crippen LogP contribution in [0.3, 0.4) is 0 Å². The van der Waals surface area contributed by atoms with Crippen molar-refractivity contribution < 1.29 is 23.9 Å². The first-order valence-corrected chi connectivity index (χ1v) is 9.49. The van der Waals surface area contributed by atoms with E-state index < -0.39 is 24.4 Å². The maximum absolute atomic E-state index is 12.3. The Morgan fingerprint density at radius 3 is 2.66 bits per heavy atom. The molecule has 0 saturated carbocycles. The van der Waals surface area contributed by atoms with E-state index in [1.807, 2.05) is 0 Å². The second-order valence-electron chi connectivity index (χ2n) is 6.39. The number of carbonyl (C=O) groups excluding carboxylic acids is 3. The van der Waals surface area contributed by atoms with Crippen LogP contribution in [0.25, 0.3) is 0 Å². The fraction of sp³-hybridized carbons (Fsp3) is 0.250. The van der Waals surface area contributed by atoms with Gasteiger partial charge in [0.15, 0.2) is 6.61 Å². The van der Waals surface area contributed by atoms with E-state index in [0.29, 0.717) is 27.2 Å². The van der Waals surface area contributed by atoms with Crippen LogP contribution in [0.2, 0.25) is 10.0 Å². The molecule has 1 aliphatic rings. The molecule has 3 rings (SSSR count). The maximum atomic E-state index is 12.3. The fourth-order valence-electron chi connectivity index (χ4n) is 2.98. The minimum Gasteiger partial charge on any atom is -0.495 e. The summed E-state index contributed by atoms with van der Waals surface area (Å²) in [6.45, 7) is -0.321. The number of nitrogens with zero attached hydrogens (tertiary/aromatic N) is 1. The van der Waals surface area contributed by atoms with Crippen molar-refractivity contribution in [1.29, 1.82) is 0 Å². The van der Waals surface area contributed by atoms with E-state index in [1.165, 1.54) is 18.1 Å². The number of anilines is 2.